The molecule has 1 atom stereocenters. The van der Waals surface area contributed by atoms with Gasteiger partial charge in [-0.1, -0.05) is 30.3 Å². The van der Waals surface area contributed by atoms with E-state index in [9.17, 15) is 4.79 Å². The lowest BCUT2D eigenvalue weighted by Crippen LogP contribution is -2.35. The van der Waals surface area contributed by atoms with E-state index in [1.54, 1.807) is 11.9 Å². The molecule has 1 aromatic rings. The maximum atomic E-state index is 11.6. The van der Waals surface area contributed by atoms with Crippen LogP contribution < -0.4 is 5.32 Å². The highest BCUT2D eigenvalue weighted by Crippen LogP contribution is 2.17. The maximum Gasteiger partial charge on any atom is 0.236 e. The minimum atomic E-state index is 0.105. The van der Waals surface area contributed by atoms with Crippen LogP contribution in [0.3, 0.4) is 0 Å². The summed E-state index contributed by atoms with van der Waals surface area (Å²) in [5, 5.41) is 2.86. The fourth-order valence-electron chi connectivity index (χ4n) is 1.45. The van der Waals surface area contributed by atoms with Gasteiger partial charge < -0.3 is 10.2 Å². The SMILES string of the molecule is CNCC(=O)N(C)[C@H](C)c1ccccc1. The molecule has 0 saturated heterocycles. The lowest BCUT2D eigenvalue weighted by molar-refractivity contribution is -0.130. The van der Waals surface area contributed by atoms with Crippen molar-refractivity contribution in [1.82, 2.24) is 10.2 Å². The Balaban J connectivity index is 2.68. The molecule has 1 rings (SSSR count). The second-order valence-corrected chi connectivity index (χ2v) is 3.62. The number of rotatable bonds is 4. The van der Waals surface area contributed by atoms with E-state index in [-0.39, 0.29) is 11.9 Å². The lowest BCUT2D eigenvalue weighted by Gasteiger charge is -2.25. The van der Waals surface area contributed by atoms with E-state index < -0.39 is 0 Å². The third-order valence-corrected chi connectivity index (χ3v) is 2.58. The largest absolute Gasteiger partial charge is 0.338 e. The van der Waals surface area contributed by atoms with Gasteiger partial charge in [0.05, 0.1) is 12.6 Å². The molecule has 1 amide bonds. The zero-order valence-corrected chi connectivity index (χ0v) is 9.53. The van der Waals surface area contributed by atoms with Gasteiger partial charge in [-0.15, -0.1) is 0 Å². The molecule has 0 heterocycles. The summed E-state index contributed by atoms with van der Waals surface area (Å²) in [6.07, 6.45) is 0. The molecule has 1 aromatic carbocycles. The lowest BCUT2D eigenvalue weighted by atomic mass is 10.1. The molecule has 82 valence electrons. The van der Waals surface area contributed by atoms with E-state index in [2.05, 4.69) is 5.32 Å². The second-order valence-electron chi connectivity index (χ2n) is 3.62. The van der Waals surface area contributed by atoms with Crippen molar-refractivity contribution >= 4 is 5.91 Å². The number of nitrogens with one attached hydrogen (secondary N) is 1. The molecule has 1 N–H and O–H groups in total. The number of benzene rings is 1. The Labute approximate surface area is 91.1 Å². The average molecular weight is 206 g/mol. The fraction of sp³-hybridized carbons (Fsp3) is 0.417. The van der Waals surface area contributed by atoms with Gasteiger partial charge in [0.15, 0.2) is 0 Å². The van der Waals surface area contributed by atoms with Crippen LogP contribution in [0.5, 0.6) is 0 Å². The van der Waals surface area contributed by atoms with E-state index in [1.165, 1.54) is 0 Å². The summed E-state index contributed by atoms with van der Waals surface area (Å²) in [5.41, 5.74) is 1.16. The molecular formula is C12H18N2O. The van der Waals surface area contributed by atoms with E-state index in [1.807, 2.05) is 44.3 Å². The first kappa shape index (κ1) is 11.7. The Hall–Kier alpha value is -1.35. The summed E-state index contributed by atoms with van der Waals surface area (Å²) < 4.78 is 0. The predicted octanol–water partition coefficient (Wildman–Crippen LogP) is 1.43. The van der Waals surface area contributed by atoms with Crippen LogP contribution in [0.2, 0.25) is 0 Å². The number of hydrogen-bond donors (Lipinski definition) is 1. The van der Waals surface area contributed by atoms with Gasteiger partial charge >= 0.3 is 0 Å². The monoisotopic (exact) mass is 206 g/mol. The van der Waals surface area contributed by atoms with Crippen molar-refractivity contribution in [2.24, 2.45) is 0 Å². The standard InChI is InChI=1S/C12H18N2O/c1-10(11-7-5-4-6-8-11)14(3)12(15)9-13-2/h4-8,10,13H,9H2,1-3H3/t10-/m1/s1. The number of carbonyl (C=O) groups is 1. The summed E-state index contributed by atoms with van der Waals surface area (Å²) in [7, 11) is 3.61. The molecule has 3 nitrogen and oxygen atoms in total. The van der Waals surface area contributed by atoms with Crippen LogP contribution in [0, 0.1) is 0 Å². The van der Waals surface area contributed by atoms with Crippen molar-refractivity contribution in [3.8, 4) is 0 Å². The summed E-state index contributed by atoms with van der Waals surface area (Å²) in [5.74, 6) is 0.105. The number of hydrogen-bond acceptors (Lipinski definition) is 2. The van der Waals surface area contributed by atoms with Gasteiger partial charge in [0.25, 0.3) is 0 Å². The minimum absolute atomic E-state index is 0.105. The highest BCUT2D eigenvalue weighted by Gasteiger charge is 2.15. The summed E-state index contributed by atoms with van der Waals surface area (Å²) in [6.45, 7) is 2.41. The van der Waals surface area contributed by atoms with E-state index in [4.69, 9.17) is 0 Å². The highest BCUT2D eigenvalue weighted by atomic mass is 16.2. The summed E-state index contributed by atoms with van der Waals surface area (Å²) in [6, 6.07) is 10.1. The molecule has 0 aliphatic rings. The predicted molar refractivity (Wildman–Crippen MR) is 61.6 cm³/mol. The number of amides is 1. The van der Waals surface area contributed by atoms with Gasteiger partial charge in [0.2, 0.25) is 5.91 Å². The molecule has 0 aliphatic heterocycles. The van der Waals surface area contributed by atoms with Gasteiger partial charge in [-0.2, -0.15) is 0 Å². The van der Waals surface area contributed by atoms with Gasteiger partial charge in [-0.05, 0) is 19.5 Å². The first-order valence-corrected chi connectivity index (χ1v) is 5.12. The number of likely N-dealkylation sites (N-methyl/N-ethyl adjacent to an activating group) is 2. The highest BCUT2D eigenvalue weighted by molar-refractivity contribution is 5.78. The zero-order chi connectivity index (χ0) is 11.3. The van der Waals surface area contributed by atoms with Gasteiger partial charge in [0.1, 0.15) is 0 Å². The molecular weight excluding hydrogens is 188 g/mol. The topological polar surface area (TPSA) is 32.3 Å². The fourth-order valence-corrected chi connectivity index (χ4v) is 1.45. The third-order valence-electron chi connectivity index (χ3n) is 2.58. The van der Waals surface area contributed by atoms with E-state index in [0.29, 0.717) is 6.54 Å². The summed E-state index contributed by atoms with van der Waals surface area (Å²) in [4.78, 5) is 13.4. The molecule has 15 heavy (non-hydrogen) atoms. The average Bonchev–Trinajstić information content (AvgIpc) is 2.28. The Morgan fingerprint density at radius 2 is 2.00 bits per heavy atom. The Bertz CT molecular complexity index is 311. The van der Waals surface area contributed by atoms with Crippen molar-refractivity contribution in [1.29, 1.82) is 0 Å². The van der Waals surface area contributed by atoms with Crippen molar-refractivity contribution in [2.75, 3.05) is 20.6 Å². The van der Waals surface area contributed by atoms with Crippen molar-refractivity contribution < 1.29 is 4.79 Å². The number of nitrogens with zero attached hydrogens (tertiary/aromatic N) is 1. The third kappa shape index (κ3) is 3.06. The maximum absolute atomic E-state index is 11.6. The normalized spacial score (nSPS) is 12.2. The molecule has 0 saturated carbocycles. The van der Waals surface area contributed by atoms with Crippen LogP contribution in [0.4, 0.5) is 0 Å². The molecule has 0 radical (unpaired) electrons. The Kier molecular flexibility index (Phi) is 4.31. The van der Waals surface area contributed by atoms with Gasteiger partial charge in [0, 0.05) is 7.05 Å². The molecule has 0 bridgehead atoms. The molecule has 0 fully saturated rings. The quantitative estimate of drug-likeness (QED) is 0.808. The number of carbonyl (C=O) groups excluding carboxylic acids is 1. The molecule has 0 unspecified atom stereocenters. The van der Waals surface area contributed by atoms with Crippen molar-refractivity contribution in [3.05, 3.63) is 35.9 Å². The first-order chi connectivity index (χ1) is 7.16. The van der Waals surface area contributed by atoms with Crippen LogP contribution in [-0.4, -0.2) is 31.4 Å². The Morgan fingerprint density at radius 1 is 1.40 bits per heavy atom. The first-order valence-electron chi connectivity index (χ1n) is 5.12. The summed E-state index contributed by atoms with van der Waals surface area (Å²) >= 11 is 0. The van der Waals surface area contributed by atoms with Crippen LogP contribution in [-0.2, 0) is 4.79 Å². The van der Waals surface area contributed by atoms with E-state index in [0.717, 1.165) is 5.56 Å². The van der Waals surface area contributed by atoms with Crippen molar-refractivity contribution in [3.63, 3.8) is 0 Å². The zero-order valence-electron chi connectivity index (χ0n) is 9.53. The minimum Gasteiger partial charge on any atom is -0.338 e. The molecule has 0 aliphatic carbocycles. The second kappa shape index (κ2) is 5.51. The molecule has 3 heteroatoms. The van der Waals surface area contributed by atoms with Crippen LogP contribution in [0.15, 0.2) is 30.3 Å². The van der Waals surface area contributed by atoms with Gasteiger partial charge in [-0.25, -0.2) is 0 Å². The van der Waals surface area contributed by atoms with E-state index >= 15 is 0 Å². The van der Waals surface area contributed by atoms with Crippen LogP contribution in [0.25, 0.3) is 0 Å². The smallest absolute Gasteiger partial charge is 0.236 e. The Morgan fingerprint density at radius 3 is 2.53 bits per heavy atom. The molecule has 0 spiro atoms. The van der Waals surface area contributed by atoms with Crippen LogP contribution in [0.1, 0.15) is 18.5 Å². The van der Waals surface area contributed by atoms with Crippen molar-refractivity contribution in [2.45, 2.75) is 13.0 Å². The molecule has 0 aromatic heterocycles. The van der Waals surface area contributed by atoms with Gasteiger partial charge in [-0.3, -0.25) is 4.79 Å². The van der Waals surface area contributed by atoms with Crippen LogP contribution >= 0.6 is 0 Å².